The standard InChI is InChI=1S/C14H29N3O/c1-7-16(8-2)9-11(5)17-12(6)15-13(10(3)4)14(17)18/h10-13,15H,7-9H2,1-6H3. The molecule has 1 aliphatic heterocycles. The van der Waals surface area contributed by atoms with Gasteiger partial charge in [-0.2, -0.15) is 0 Å². The summed E-state index contributed by atoms with van der Waals surface area (Å²) in [5, 5.41) is 3.40. The molecule has 0 saturated carbocycles. The van der Waals surface area contributed by atoms with Gasteiger partial charge < -0.3 is 9.80 Å². The average molecular weight is 255 g/mol. The van der Waals surface area contributed by atoms with Crippen LogP contribution in [0.15, 0.2) is 0 Å². The molecule has 4 nitrogen and oxygen atoms in total. The Morgan fingerprint density at radius 2 is 1.83 bits per heavy atom. The van der Waals surface area contributed by atoms with E-state index in [-0.39, 0.29) is 24.2 Å². The first-order chi connectivity index (χ1) is 8.42. The molecular formula is C14H29N3O. The van der Waals surface area contributed by atoms with Crippen LogP contribution in [-0.4, -0.2) is 53.6 Å². The van der Waals surface area contributed by atoms with E-state index < -0.39 is 0 Å². The molecule has 1 rings (SSSR count). The van der Waals surface area contributed by atoms with Crippen LogP contribution in [0.3, 0.4) is 0 Å². The summed E-state index contributed by atoms with van der Waals surface area (Å²) in [6, 6.07) is 0.253. The van der Waals surface area contributed by atoms with Gasteiger partial charge in [0.2, 0.25) is 5.91 Å². The molecule has 4 heteroatoms. The maximum atomic E-state index is 12.4. The van der Waals surface area contributed by atoms with Gasteiger partial charge in [-0.05, 0) is 32.9 Å². The average Bonchev–Trinajstić information content (AvgIpc) is 2.61. The molecule has 3 atom stereocenters. The molecule has 1 amide bonds. The van der Waals surface area contributed by atoms with E-state index in [4.69, 9.17) is 0 Å². The van der Waals surface area contributed by atoms with E-state index in [0.29, 0.717) is 5.92 Å². The van der Waals surface area contributed by atoms with Crippen LogP contribution in [0.4, 0.5) is 0 Å². The number of hydrogen-bond acceptors (Lipinski definition) is 3. The molecule has 3 unspecified atom stereocenters. The molecule has 1 heterocycles. The molecular weight excluding hydrogens is 226 g/mol. The molecule has 0 spiro atoms. The molecule has 0 aromatic heterocycles. The number of hydrogen-bond donors (Lipinski definition) is 1. The first-order valence-electron chi connectivity index (χ1n) is 7.22. The molecule has 1 N–H and O–H groups in total. The molecule has 18 heavy (non-hydrogen) atoms. The van der Waals surface area contributed by atoms with E-state index in [9.17, 15) is 4.79 Å². The molecule has 0 bridgehead atoms. The normalized spacial score (nSPS) is 26.4. The van der Waals surface area contributed by atoms with Gasteiger partial charge in [-0.15, -0.1) is 0 Å². The largest absolute Gasteiger partial charge is 0.322 e. The Bertz CT molecular complexity index is 276. The van der Waals surface area contributed by atoms with Gasteiger partial charge in [-0.3, -0.25) is 10.1 Å². The zero-order chi connectivity index (χ0) is 13.9. The third-order valence-corrected chi connectivity index (χ3v) is 3.92. The lowest BCUT2D eigenvalue weighted by atomic mass is 10.0. The van der Waals surface area contributed by atoms with Crippen molar-refractivity contribution < 1.29 is 4.79 Å². The van der Waals surface area contributed by atoms with E-state index in [1.165, 1.54) is 0 Å². The fourth-order valence-corrected chi connectivity index (χ4v) is 2.78. The van der Waals surface area contributed by atoms with Crippen LogP contribution in [0, 0.1) is 5.92 Å². The second kappa shape index (κ2) is 6.53. The topological polar surface area (TPSA) is 35.6 Å². The number of likely N-dealkylation sites (N-methyl/N-ethyl adjacent to an activating group) is 1. The van der Waals surface area contributed by atoms with Crippen molar-refractivity contribution in [1.29, 1.82) is 0 Å². The number of carbonyl (C=O) groups is 1. The van der Waals surface area contributed by atoms with Gasteiger partial charge in [0, 0.05) is 12.6 Å². The Kier molecular flexibility index (Phi) is 5.60. The predicted molar refractivity (Wildman–Crippen MR) is 75.3 cm³/mol. The molecule has 0 aromatic rings. The summed E-state index contributed by atoms with van der Waals surface area (Å²) in [5.74, 6) is 0.614. The Balaban J connectivity index is 2.68. The highest BCUT2D eigenvalue weighted by Crippen LogP contribution is 2.19. The fraction of sp³-hybridized carbons (Fsp3) is 0.929. The van der Waals surface area contributed by atoms with E-state index in [0.717, 1.165) is 19.6 Å². The van der Waals surface area contributed by atoms with Crippen molar-refractivity contribution in [3.8, 4) is 0 Å². The van der Waals surface area contributed by atoms with Crippen LogP contribution in [-0.2, 0) is 4.79 Å². The maximum absolute atomic E-state index is 12.4. The number of carbonyl (C=O) groups excluding carboxylic acids is 1. The van der Waals surface area contributed by atoms with E-state index >= 15 is 0 Å². The van der Waals surface area contributed by atoms with Crippen LogP contribution >= 0.6 is 0 Å². The third kappa shape index (κ3) is 3.23. The summed E-state index contributed by atoms with van der Waals surface area (Å²) in [5.41, 5.74) is 0. The minimum atomic E-state index is -0.0147. The van der Waals surface area contributed by atoms with Crippen molar-refractivity contribution >= 4 is 5.91 Å². The number of rotatable bonds is 6. The van der Waals surface area contributed by atoms with Crippen molar-refractivity contribution in [1.82, 2.24) is 15.1 Å². The second-order valence-corrected chi connectivity index (χ2v) is 5.64. The quantitative estimate of drug-likeness (QED) is 0.781. The molecule has 1 aliphatic rings. The lowest BCUT2D eigenvalue weighted by molar-refractivity contribution is -0.132. The van der Waals surface area contributed by atoms with Crippen LogP contribution in [0.2, 0.25) is 0 Å². The molecule has 1 saturated heterocycles. The lowest BCUT2D eigenvalue weighted by Crippen LogP contribution is -2.47. The highest BCUT2D eigenvalue weighted by molar-refractivity contribution is 5.84. The monoisotopic (exact) mass is 255 g/mol. The SMILES string of the molecule is CCN(CC)CC(C)N1C(=O)C(C(C)C)NC1C. The summed E-state index contributed by atoms with van der Waals surface area (Å²) < 4.78 is 0. The van der Waals surface area contributed by atoms with Gasteiger partial charge >= 0.3 is 0 Å². The zero-order valence-corrected chi connectivity index (χ0v) is 12.7. The van der Waals surface area contributed by atoms with Gasteiger partial charge in [-0.25, -0.2) is 0 Å². The van der Waals surface area contributed by atoms with Gasteiger partial charge in [0.1, 0.15) is 0 Å². The smallest absolute Gasteiger partial charge is 0.241 e. The summed E-state index contributed by atoms with van der Waals surface area (Å²) in [4.78, 5) is 16.8. The van der Waals surface area contributed by atoms with Crippen molar-refractivity contribution in [3.05, 3.63) is 0 Å². The molecule has 106 valence electrons. The van der Waals surface area contributed by atoms with Crippen LogP contribution in [0.25, 0.3) is 0 Å². The maximum Gasteiger partial charge on any atom is 0.241 e. The molecule has 0 radical (unpaired) electrons. The Hall–Kier alpha value is -0.610. The lowest BCUT2D eigenvalue weighted by Gasteiger charge is -2.32. The summed E-state index contributed by atoms with van der Waals surface area (Å²) in [6.07, 6.45) is 0.149. The van der Waals surface area contributed by atoms with E-state index in [1.807, 2.05) is 4.90 Å². The Morgan fingerprint density at radius 3 is 2.22 bits per heavy atom. The molecule has 1 fully saturated rings. The van der Waals surface area contributed by atoms with Crippen LogP contribution < -0.4 is 5.32 Å². The minimum absolute atomic E-state index is 0.0147. The van der Waals surface area contributed by atoms with Gasteiger partial charge in [-0.1, -0.05) is 27.7 Å². The van der Waals surface area contributed by atoms with Crippen molar-refractivity contribution in [2.45, 2.75) is 59.8 Å². The Labute approximate surface area is 112 Å². The van der Waals surface area contributed by atoms with Crippen LogP contribution in [0.5, 0.6) is 0 Å². The molecule has 0 aromatic carbocycles. The Morgan fingerprint density at radius 1 is 1.28 bits per heavy atom. The number of nitrogens with one attached hydrogen (secondary N) is 1. The van der Waals surface area contributed by atoms with Crippen molar-refractivity contribution in [3.63, 3.8) is 0 Å². The fourth-order valence-electron chi connectivity index (χ4n) is 2.78. The van der Waals surface area contributed by atoms with E-state index in [1.54, 1.807) is 0 Å². The van der Waals surface area contributed by atoms with Gasteiger partial charge in [0.15, 0.2) is 0 Å². The van der Waals surface area contributed by atoms with Crippen LogP contribution in [0.1, 0.15) is 41.5 Å². The van der Waals surface area contributed by atoms with Gasteiger partial charge in [0.25, 0.3) is 0 Å². The van der Waals surface area contributed by atoms with Crippen molar-refractivity contribution in [2.75, 3.05) is 19.6 Å². The highest BCUT2D eigenvalue weighted by Gasteiger charge is 2.40. The van der Waals surface area contributed by atoms with Gasteiger partial charge in [0.05, 0.1) is 12.2 Å². The van der Waals surface area contributed by atoms with E-state index in [2.05, 4.69) is 51.8 Å². The summed E-state index contributed by atoms with van der Waals surface area (Å²) >= 11 is 0. The first-order valence-corrected chi connectivity index (χ1v) is 7.22. The minimum Gasteiger partial charge on any atom is -0.322 e. The number of amides is 1. The second-order valence-electron chi connectivity index (χ2n) is 5.64. The number of nitrogens with zero attached hydrogens (tertiary/aromatic N) is 2. The summed E-state index contributed by atoms with van der Waals surface area (Å²) in [7, 11) is 0. The predicted octanol–water partition coefficient (Wildman–Crippen LogP) is 1.52. The summed E-state index contributed by atoms with van der Waals surface area (Å²) in [6.45, 7) is 15.8. The first kappa shape index (κ1) is 15.4. The third-order valence-electron chi connectivity index (χ3n) is 3.92. The van der Waals surface area contributed by atoms with Crippen molar-refractivity contribution in [2.24, 2.45) is 5.92 Å². The molecule has 0 aliphatic carbocycles. The highest BCUT2D eigenvalue weighted by atomic mass is 16.2. The zero-order valence-electron chi connectivity index (χ0n) is 12.7.